The number of nitrogens with zero attached hydrogens (tertiary/aromatic N) is 2. The normalized spacial score (nSPS) is 12.7. The summed E-state index contributed by atoms with van der Waals surface area (Å²) in [5.41, 5.74) is 16.7. The molecule has 3 nitrogen and oxygen atoms in total. The summed E-state index contributed by atoms with van der Waals surface area (Å²) in [5, 5.41) is 4.86. The molecule has 11 rings (SSSR count). The second-order valence-corrected chi connectivity index (χ2v) is 14.1. The molecule has 0 saturated carbocycles. The molecule has 3 heterocycles. The van der Waals surface area contributed by atoms with Crippen LogP contribution in [0.1, 0.15) is 5.56 Å². The molecule has 53 heavy (non-hydrogen) atoms. The molecule has 1 aliphatic heterocycles. The molecule has 0 unspecified atom stereocenters. The van der Waals surface area contributed by atoms with Crippen molar-refractivity contribution in [2.24, 2.45) is 0 Å². The maximum Gasteiger partial charge on any atom is 0.135 e. The second kappa shape index (κ2) is 11.9. The van der Waals surface area contributed by atoms with Crippen molar-refractivity contribution in [3.63, 3.8) is 0 Å². The lowest BCUT2D eigenvalue weighted by Gasteiger charge is -2.20. The maximum absolute atomic E-state index is 6.06. The molecule has 2 aromatic heterocycles. The molecule has 0 spiro atoms. The van der Waals surface area contributed by atoms with Gasteiger partial charge in [-0.1, -0.05) is 109 Å². The number of anilines is 2. The van der Waals surface area contributed by atoms with Crippen molar-refractivity contribution in [2.75, 3.05) is 11.4 Å². The molecule has 8 aromatic carbocycles. The van der Waals surface area contributed by atoms with Gasteiger partial charge in [-0.2, -0.15) is 0 Å². The minimum absolute atomic E-state index is 0.927. The Kier molecular flexibility index (Phi) is 6.68. The molecule has 0 atom stereocenters. The highest BCUT2D eigenvalue weighted by atomic mass is 16.3. The lowest BCUT2D eigenvalue weighted by atomic mass is 9.99. The van der Waals surface area contributed by atoms with E-state index in [1.165, 1.54) is 77.8 Å². The van der Waals surface area contributed by atoms with E-state index in [4.69, 9.17) is 4.42 Å². The van der Waals surface area contributed by atoms with Crippen LogP contribution < -0.4 is 4.90 Å². The van der Waals surface area contributed by atoms with E-state index in [9.17, 15) is 0 Å². The summed E-state index contributed by atoms with van der Waals surface area (Å²) in [5.74, 6) is 0. The molecule has 0 saturated heterocycles. The Hall–Kier alpha value is -6.84. The largest absolute Gasteiger partial charge is 0.456 e. The standard InChI is InChI=1S/C50H34N2O/c1-2-8-33(9-3-1)34-16-23-41(24-17-34)52-47-12-6-4-10-42(47)44-31-38(19-26-48(44)52)36-18-25-46-39(30-36)28-29-51(46)40-21-14-35(15-22-40)37-20-27-50-45(32-37)43-11-5-7-13-49(43)53-50/h1-27,30-32H,28-29H2. The number of benzene rings is 8. The maximum atomic E-state index is 6.06. The smallest absolute Gasteiger partial charge is 0.135 e. The third-order valence-electron chi connectivity index (χ3n) is 11.1. The summed E-state index contributed by atoms with van der Waals surface area (Å²) in [6.07, 6.45) is 1.02. The first-order valence-electron chi connectivity index (χ1n) is 18.4. The predicted molar refractivity (Wildman–Crippen MR) is 222 cm³/mol. The molecule has 10 aromatic rings. The van der Waals surface area contributed by atoms with Crippen LogP contribution in [0.25, 0.3) is 82.8 Å². The van der Waals surface area contributed by atoms with Gasteiger partial charge in [0.15, 0.2) is 0 Å². The minimum atomic E-state index is 0.927. The number of rotatable bonds is 5. The zero-order valence-corrected chi connectivity index (χ0v) is 29.0. The lowest BCUT2D eigenvalue weighted by Crippen LogP contribution is -2.12. The monoisotopic (exact) mass is 678 g/mol. The van der Waals surface area contributed by atoms with Crippen LogP contribution in [0.3, 0.4) is 0 Å². The van der Waals surface area contributed by atoms with Gasteiger partial charge in [-0.25, -0.2) is 0 Å². The van der Waals surface area contributed by atoms with E-state index < -0.39 is 0 Å². The third kappa shape index (κ3) is 4.89. The number of hydrogen-bond acceptors (Lipinski definition) is 2. The summed E-state index contributed by atoms with van der Waals surface area (Å²) >= 11 is 0. The Morgan fingerprint density at radius 2 is 0.943 bits per heavy atom. The van der Waals surface area contributed by atoms with E-state index in [1.807, 2.05) is 12.1 Å². The lowest BCUT2D eigenvalue weighted by molar-refractivity contribution is 0.669. The summed E-state index contributed by atoms with van der Waals surface area (Å²) in [7, 11) is 0. The van der Waals surface area contributed by atoms with E-state index in [0.717, 1.165) is 34.9 Å². The molecule has 0 amide bonds. The first kappa shape index (κ1) is 29.8. The molecule has 0 radical (unpaired) electrons. The number of para-hydroxylation sites is 2. The highest BCUT2D eigenvalue weighted by Gasteiger charge is 2.22. The predicted octanol–water partition coefficient (Wildman–Crippen LogP) is 13.4. The fourth-order valence-electron chi connectivity index (χ4n) is 8.45. The SMILES string of the molecule is c1ccc(-c2ccc(-n3c4ccccc4c4cc(-c5ccc6c(c5)CCN6c5ccc(-c6ccc7oc8ccccc8c7c6)cc5)ccc43)cc2)cc1. The van der Waals surface area contributed by atoms with Crippen molar-refractivity contribution in [1.29, 1.82) is 0 Å². The fourth-order valence-corrected chi connectivity index (χ4v) is 8.45. The first-order valence-corrected chi connectivity index (χ1v) is 18.4. The summed E-state index contributed by atoms with van der Waals surface area (Å²) < 4.78 is 8.46. The number of aromatic nitrogens is 1. The van der Waals surface area contributed by atoms with Crippen molar-refractivity contribution < 1.29 is 4.42 Å². The first-order chi connectivity index (χ1) is 26.2. The second-order valence-electron chi connectivity index (χ2n) is 14.1. The zero-order valence-electron chi connectivity index (χ0n) is 29.0. The molecule has 0 bridgehead atoms. The van der Waals surface area contributed by atoms with Crippen LogP contribution in [0, 0.1) is 0 Å². The van der Waals surface area contributed by atoms with E-state index in [1.54, 1.807) is 0 Å². The Bertz CT molecular complexity index is 2990. The van der Waals surface area contributed by atoms with Crippen LogP contribution >= 0.6 is 0 Å². The van der Waals surface area contributed by atoms with Gasteiger partial charge in [0.2, 0.25) is 0 Å². The van der Waals surface area contributed by atoms with Crippen LogP contribution in [0.4, 0.5) is 11.4 Å². The van der Waals surface area contributed by atoms with Gasteiger partial charge in [-0.3, -0.25) is 0 Å². The molecular weight excluding hydrogens is 645 g/mol. The molecular formula is C50H34N2O. The van der Waals surface area contributed by atoms with Crippen molar-refractivity contribution in [2.45, 2.75) is 6.42 Å². The van der Waals surface area contributed by atoms with Crippen molar-refractivity contribution in [3.8, 4) is 39.1 Å². The Morgan fingerprint density at radius 1 is 0.377 bits per heavy atom. The zero-order chi connectivity index (χ0) is 34.9. The molecule has 3 heteroatoms. The van der Waals surface area contributed by atoms with Gasteiger partial charge in [0.25, 0.3) is 0 Å². The van der Waals surface area contributed by atoms with Crippen LogP contribution in [-0.4, -0.2) is 11.1 Å². The molecule has 250 valence electrons. The van der Waals surface area contributed by atoms with Gasteiger partial charge in [-0.05, 0) is 118 Å². The third-order valence-corrected chi connectivity index (χ3v) is 11.1. The van der Waals surface area contributed by atoms with E-state index >= 15 is 0 Å². The number of furan rings is 1. The summed E-state index contributed by atoms with van der Waals surface area (Å²) in [6, 6.07) is 66.0. The summed E-state index contributed by atoms with van der Waals surface area (Å²) in [4.78, 5) is 2.45. The number of hydrogen-bond donors (Lipinski definition) is 0. The average molecular weight is 679 g/mol. The van der Waals surface area contributed by atoms with Gasteiger partial charge >= 0.3 is 0 Å². The van der Waals surface area contributed by atoms with Crippen molar-refractivity contribution in [3.05, 3.63) is 188 Å². The minimum Gasteiger partial charge on any atom is -0.456 e. The quantitative estimate of drug-likeness (QED) is 0.181. The van der Waals surface area contributed by atoms with E-state index in [2.05, 4.69) is 179 Å². The van der Waals surface area contributed by atoms with Gasteiger partial charge in [0.1, 0.15) is 11.2 Å². The molecule has 1 aliphatic rings. The average Bonchev–Trinajstić information content (AvgIpc) is 3.92. The Labute approximate surface area is 307 Å². The Balaban J connectivity index is 0.896. The van der Waals surface area contributed by atoms with Gasteiger partial charge < -0.3 is 13.9 Å². The van der Waals surface area contributed by atoms with E-state index in [-0.39, 0.29) is 0 Å². The highest BCUT2D eigenvalue weighted by Crippen LogP contribution is 2.40. The molecule has 0 fully saturated rings. The van der Waals surface area contributed by atoms with Crippen molar-refractivity contribution in [1.82, 2.24) is 4.57 Å². The van der Waals surface area contributed by atoms with Gasteiger partial charge in [-0.15, -0.1) is 0 Å². The topological polar surface area (TPSA) is 21.3 Å². The van der Waals surface area contributed by atoms with Crippen molar-refractivity contribution >= 4 is 55.1 Å². The van der Waals surface area contributed by atoms with Crippen LogP contribution in [-0.2, 0) is 6.42 Å². The van der Waals surface area contributed by atoms with Gasteiger partial charge in [0, 0.05) is 45.2 Å². The molecule has 0 aliphatic carbocycles. The summed E-state index contributed by atoms with van der Waals surface area (Å²) in [6.45, 7) is 0.973. The molecule has 0 N–H and O–H groups in total. The van der Waals surface area contributed by atoms with Crippen LogP contribution in [0.2, 0.25) is 0 Å². The van der Waals surface area contributed by atoms with Gasteiger partial charge in [0.05, 0.1) is 11.0 Å². The Morgan fingerprint density at radius 3 is 1.79 bits per heavy atom. The fraction of sp³-hybridized carbons (Fsp3) is 0.0400. The van der Waals surface area contributed by atoms with Crippen LogP contribution in [0.15, 0.2) is 186 Å². The highest BCUT2D eigenvalue weighted by molar-refractivity contribution is 6.10. The van der Waals surface area contributed by atoms with E-state index in [0.29, 0.717) is 0 Å². The number of fused-ring (bicyclic) bond motifs is 7. The van der Waals surface area contributed by atoms with Crippen LogP contribution in [0.5, 0.6) is 0 Å².